The maximum atomic E-state index is 12.6. The van der Waals surface area contributed by atoms with E-state index in [0.717, 1.165) is 22.9 Å². The zero-order valence-corrected chi connectivity index (χ0v) is 13.6. The van der Waals surface area contributed by atoms with Gasteiger partial charge in [0, 0.05) is 29.5 Å². The van der Waals surface area contributed by atoms with Gasteiger partial charge in [0.25, 0.3) is 5.56 Å². The van der Waals surface area contributed by atoms with E-state index in [1.165, 1.54) is 0 Å². The van der Waals surface area contributed by atoms with Gasteiger partial charge >= 0.3 is 6.18 Å². The average molecular weight is 394 g/mol. The second-order valence-electron chi connectivity index (χ2n) is 4.31. The molecular weight excluding hydrogens is 383 g/mol. The number of aromatic nitrogens is 3. The van der Waals surface area contributed by atoms with Crippen LogP contribution in [0.2, 0.25) is 0 Å². The second kappa shape index (κ2) is 7.28. The number of thioether (sulfide) groups is 1. The predicted octanol–water partition coefficient (Wildman–Crippen LogP) is 3.41. The van der Waals surface area contributed by atoms with Crippen molar-refractivity contribution in [3.63, 3.8) is 0 Å². The SMILES string of the molecule is O=c1cc(C(F)(F)F)nc(SCCc2cnccc2CBr)[nH]1. The van der Waals surface area contributed by atoms with Crippen LogP contribution in [-0.2, 0) is 17.9 Å². The highest BCUT2D eigenvalue weighted by molar-refractivity contribution is 9.08. The molecule has 2 aromatic rings. The Morgan fingerprint density at radius 2 is 2.09 bits per heavy atom. The fourth-order valence-corrected chi connectivity index (χ4v) is 3.12. The molecule has 9 heteroatoms. The first kappa shape index (κ1) is 17.0. The molecule has 22 heavy (non-hydrogen) atoms. The Bertz CT molecular complexity index is 705. The van der Waals surface area contributed by atoms with Crippen LogP contribution >= 0.6 is 27.7 Å². The first-order chi connectivity index (χ1) is 10.4. The van der Waals surface area contributed by atoms with E-state index < -0.39 is 17.4 Å². The van der Waals surface area contributed by atoms with Crippen LogP contribution in [-0.4, -0.2) is 20.7 Å². The van der Waals surface area contributed by atoms with Crippen molar-refractivity contribution in [2.75, 3.05) is 5.75 Å². The van der Waals surface area contributed by atoms with Crippen molar-refractivity contribution in [2.24, 2.45) is 0 Å². The van der Waals surface area contributed by atoms with Gasteiger partial charge in [0.05, 0.1) is 0 Å². The van der Waals surface area contributed by atoms with Crippen molar-refractivity contribution >= 4 is 27.7 Å². The third kappa shape index (κ3) is 4.57. The van der Waals surface area contributed by atoms with Crippen LogP contribution in [0.4, 0.5) is 13.2 Å². The van der Waals surface area contributed by atoms with E-state index in [9.17, 15) is 18.0 Å². The predicted molar refractivity (Wildman–Crippen MR) is 81.2 cm³/mol. The minimum Gasteiger partial charge on any atom is -0.301 e. The van der Waals surface area contributed by atoms with Crippen molar-refractivity contribution in [3.8, 4) is 0 Å². The summed E-state index contributed by atoms with van der Waals surface area (Å²) in [5.41, 5.74) is 0.0796. The van der Waals surface area contributed by atoms with Crippen LogP contribution in [0, 0.1) is 0 Å². The van der Waals surface area contributed by atoms with Gasteiger partial charge in [-0.1, -0.05) is 27.7 Å². The molecule has 0 aliphatic carbocycles. The maximum Gasteiger partial charge on any atom is 0.433 e. The Morgan fingerprint density at radius 3 is 2.77 bits per heavy atom. The molecule has 2 rings (SSSR count). The molecule has 4 nitrogen and oxygen atoms in total. The molecule has 0 saturated heterocycles. The normalized spacial score (nSPS) is 11.6. The minimum atomic E-state index is -4.63. The highest BCUT2D eigenvalue weighted by Gasteiger charge is 2.33. The van der Waals surface area contributed by atoms with Gasteiger partial charge in [-0.05, 0) is 23.6 Å². The lowest BCUT2D eigenvalue weighted by Crippen LogP contribution is -2.16. The summed E-state index contributed by atoms with van der Waals surface area (Å²) in [7, 11) is 0. The Hall–Kier alpha value is -1.35. The number of hydrogen-bond acceptors (Lipinski definition) is 4. The molecule has 0 bridgehead atoms. The molecule has 0 fully saturated rings. The third-order valence-electron chi connectivity index (χ3n) is 2.77. The standard InChI is InChI=1S/C13H11BrF3N3OS/c14-6-8-1-3-18-7-9(8)2-4-22-12-19-10(13(15,16)17)5-11(21)20-12/h1,3,5,7H,2,4,6H2,(H,19,20,21). The summed E-state index contributed by atoms with van der Waals surface area (Å²) in [4.78, 5) is 21.0. The molecule has 0 aromatic carbocycles. The third-order valence-corrected chi connectivity index (χ3v) is 4.25. The zero-order valence-electron chi connectivity index (χ0n) is 11.2. The molecule has 0 spiro atoms. The molecule has 0 unspecified atom stereocenters. The summed E-state index contributed by atoms with van der Waals surface area (Å²) in [5, 5.41) is 0.637. The second-order valence-corrected chi connectivity index (χ2v) is 5.95. The number of H-pyrrole nitrogens is 1. The molecule has 0 amide bonds. The van der Waals surface area contributed by atoms with Crippen molar-refractivity contribution < 1.29 is 13.2 Å². The Morgan fingerprint density at radius 1 is 1.32 bits per heavy atom. The van der Waals surface area contributed by atoms with Gasteiger partial charge in [0.15, 0.2) is 10.9 Å². The summed E-state index contributed by atoms with van der Waals surface area (Å²) >= 11 is 4.44. The van der Waals surface area contributed by atoms with Gasteiger partial charge in [-0.3, -0.25) is 9.78 Å². The van der Waals surface area contributed by atoms with Crippen molar-refractivity contribution in [1.82, 2.24) is 15.0 Å². The van der Waals surface area contributed by atoms with E-state index >= 15 is 0 Å². The molecule has 2 aromatic heterocycles. The average Bonchev–Trinajstić information content (AvgIpc) is 2.46. The molecule has 2 heterocycles. The van der Waals surface area contributed by atoms with E-state index in [1.54, 1.807) is 12.4 Å². The van der Waals surface area contributed by atoms with E-state index in [2.05, 4.69) is 30.9 Å². The highest BCUT2D eigenvalue weighted by Crippen LogP contribution is 2.27. The molecule has 0 radical (unpaired) electrons. The molecule has 0 saturated carbocycles. The van der Waals surface area contributed by atoms with Crippen molar-refractivity contribution in [2.45, 2.75) is 23.1 Å². The molecular formula is C13H11BrF3N3OS. The van der Waals surface area contributed by atoms with Crippen LogP contribution in [0.1, 0.15) is 16.8 Å². The summed E-state index contributed by atoms with van der Waals surface area (Å²) in [6.45, 7) is 0. The number of halogens is 4. The van der Waals surface area contributed by atoms with E-state index in [1.807, 2.05) is 6.07 Å². The van der Waals surface area contributed by atoms with Crippen molar-refractivity contribution in [1.29, 1.82) is 0 Å². The fraction of sp³-hybridized carbons (Fsp3) is 0.308. The van der Waals surface area contributed by atoms with Crippen LogP contribution < -0.4 is 5.56 Å². The van der Waals surface area contributed by atoms with Gasteiger partial charge in [-0.2, -0.15) is 13.2 Å². The van der Waals surface area contributed by atoms with Gasteiger partial charge in [-0.15, -0.1) is 0 Å². The largest absolute Gasteiger partial charge is 0.433 e. The molecule has 0 aliphatic heterocycles. The van der Waals surface area contributed by atoms with Gasteiger partial charge in [0.2, 0.25) is 0 Å². The number of aromatic amines is 1. The Kier molecular flexibility index (Phi) is 5.63. The molecule has 0 atom stereocenters. The number of nitrogens with zero attached hydrogens (tertiary/aromatic N) is 2. The summed E-state index contributed by atoms with van der Waals surface area (Å²) < 4.78 is 37.8. The van der Waals surface area contributed by atoms with E-state index in [-0.39, 0.29) is 5.16 Å². The maximum absolute atomic E-state index is 12.6. The highest BCUT2D eigenvalue weighted by atomic mass is 79.9. The lowest BCUT2D eigenvalue weighted by atomic mass is 10.1. The monoisotopic (exact) mass is 393 g/mol. The number of alkyl halides is 4. The van der Waals surface area contributed by atoms with Crippen LogP contribution in [0.15, 0.2) is 34.5 Å². The number of rotatable bonds is 5. The Labute approximate surface area is 136 Å². The fourth-order valence-electron chi connectivity index (χ4n) is 1.72. The van der Waals surface area contributed by atoms with Gasteiger partial charge in [0.1, 0.15) is 0 Å². The number of aryl methyl sites for hydroxylation is 1. The summed E-state index contributed by atoms with van der Waals surface area (Å²) in [6, 6.07) is 2.33. The molecule has 1 N–H and O–H groups in total. The van der Waals surface area contributed by atoms with Crippen molar-refractivity contribution in [3.05, 3.63) is 51.7 Å². The van der Waals surface area contributed by atoms with Gasteiger partial charge in [-0.25, -0.2) is 4.98 Å². The van der Waals surface area contributed by atoms with E-state index in [4.69, 9.17) is 0 Å². The summed E-state index contributed by atoms with van der Waals surface area (Å²) in [5.74, 6) is 0.482. The quantitative estimate of drug-likeness (QED) is 0.480. The van der Waals surface area contributed by atoms with Crippen LogP contribution in [0.3, 0.4) is 0 Å². The zero-order chi connectivity index (χ0) is 16.2. The lowest BCUT2D eigenvalue weighted by molar-refractivity contribution is -0.141. The Balaban J connectivity index is 2.06. The first-order valence-corrected chi connectivity index (χ1v) is 8.30. The summed E-state index contributed by atoms with van der Waals surface area (Å²) in [6.07, 6.45) is -0.617. The smallest absolute Gasteiger partial charge is 0.301 e. The van der Waals surface area contributed by atoms with E-state index in [0.29, 0.717) is 23.6 Å². The molecule has 118 valence electrons. The topological polar surface area (TPSA) is 58.6 Å². The van der Waals surface area contributed by atoms with Crippen LogP contribution in [0.25, 0.3) is 0 Å². The van der Waals surface area contributed by atoms with Gasteiger partial charge < -0.3 is 4.98 Å². The number of nitrogens with one attached hydrogen (secondary N) is 1. The number of pyridine rings is 1. The minimum absolute atomic E-state index is 0.0379. The lowest BCUT2D eigenvalue weighted by Gasteiger charge is -2.08. The van der Waals surface area contributed by atoms with Crippen LogP contribution in [0.5, 0.6) is 0 Å². The number of hydrogen-bond donors (Lipinski definition) is 1. The molecule has 0 aliphatic rings. The first-order valence-electron chi connectivity index (χ1n) is 6.19.